The molecule has 2 saturated heterocycles. The molecule has 0 aromatic carbocycles. The lowest BCUT2D eigenvalue weighted by Gasteiger charge is -2.41. The minimum Gasteiger partial charge on any atom is -0.390 e. The first-order valence-electron chi connectivity index (χ1n) is 8.80. The summed E-state index contributed by atoms with van der Waals surface area (Å²) in [6.07, 6.45) is 9.94. The maximum absolute atomic E-state index is 10.3. The van der Waals surface area contributed by atoms with Crippen molar-refractivity contribution in [3.8, 4) is 0 Å². The van der Waals surface area contributed by atoms with Crippen molar-refractivity contribution < 1.29 is 19.3 Å². The first kappa shape index (κ1) is 15.1. The van der Waals surface area contributed by atoms with Crippen molar-refractivity contribution in [3.63, 3.8) is 0 Å². The second-order valence-electron chi connectivity index (χ2n) is 7.73. The predicted molar refractivity (Wildman–Crippen MR) is 82.7 cm³/mol. The molecule has 0 bridgehead atoms. The van der Waals surface area contributed by atoms with Crippen LogP contribution in [0, 0.1) is 5.92 Å². The summed E-state index contributed by atoms with van der Waals surface area (Å²) in [5.41, 5.74) is 1.28. The second-order valence-corrected chi connectivity index (χ2v) is 7.73. The molecule has 1 spiro atoms. The van der Waals surface area contributed by atoms with E-state index < -0.39 is 6.10 Å². The Labute approximate surface area is 132 Å². The van der Waals surface area contributed by atoms with Gasteiger partial charge in [0.05, 0.1) is 36.4 Å². The Hall–Kier alpha value is -0.420. The lowest BCUT2D eigenvalue weighted by atomic mass is 9.68. The van der Waals surface area contributed by atoms with E-state index >= 15 is 0 Å². The van der Waals surface area contributed by atoms with E-state index in [9.17, 15) is 5.11 Å². The average molecular weight is 308 g/mol. The standard InChI is InChI=1S/C18H28O4/c1-17(14(22-17)8-7-12-5-3-4-6-12)16-15(20-2)13(19)9-10-18(16)11-21-18/h7,13-16,19H,3-6,8-11H2,1-2H3/t13-,14-,15-,16-,17?,18+/m1/s1. The van der Waals surface area contributed by atoms with Crippen LogP contribution in [0.3, 0.4) is 0 Å². The van der Waals surface area contributed by atoms with E-state index in [1.807, 2.05) is 0 Å². The number of aliphatic hydroxyl groups is 1. The first-order chi connectivity index (χ1) is 10.6. The Morgan fingerprint density at radius 1 is 1.36 bits per heavy atom. The van der Waals surface area contributed by atoms with Gasteiger partial charge in [-0.25, -0.2) is 0 Å². The Balaban J connectivity index is 1.48. The van der Waals surface area contributed by atoms with Crippen LogP contribution in [0.1, 0.15) is 51.9 Å². The molecule has 0 amide bonds. The van der Waals surface area contributed by atoms with Crippen molar-refractivity contribution in [2.45, 2.75) is 81.4 Å². The van der Waals surface area contributed by atoms with Crippen molar-refractivity contribution in [2.75, 3.05) is 13.7 Å². The third-order valence-electron chi connectivity index (χ3n) is 6.39. The molecule has 2 saturated carbocycles. The fourth-order valence-electron chi connectivity index (χ4n) is 4.93. The Morgan fingerprint density at radius 2 is 2.09 bits per heavy atom. The largest absolute Gasteiger partial charge is 0.390 e. The zero-order valence-electron chi connectivity index (χ0n) is 13.7. The van der Waals surface area contributed by atoms with Gasteiger partial charge in [0.15, 0.2) is 0 Å². The van der Waals surface area contributed by atoms with E-state index in [0.717, 1.165) is 25.9 Å². The molecule has 0 aromatic rings. The van der Waals surface area contributed by atoms with Crippen LogP contribution < -0.4 is 0 Å². The van der Waals surface area contributed by atoms with E-state index in [2.05, 4.69) is 13.0 Å². The van der Waals surface area contributed by atoms with Crippen LogP contribution in [0.25, 0.3) is 0 Å². The van der Waals surface area contributed by atoms with Gasteiger partial charge in [0.2, 0.25) is 0 Å². The van der Waals surface area contributed by atoms with Gasteiger partial charge in [-0.05, 0) is 51.9 Å². The zero-order chi connectivity index (χ0) is 15.4. The van der Waals surface area contributed by atoms with Crippen molar-refractivity contribution in [1.29, 1.82) is 0 Å². The molecular formula is C18H28O4. The summed E-state index contributed by atoms with van der Waals surface area (Å²) >= 11 is 0. The highest BCUT2D eigenvalue weighted by Gasteiger charge is 2.71. The number of ether oxygens (including phenoxy) is 3. The van der Waals surface area contributed by atoms with Gasteiger partial charge in [0.1, 0.15) is 5.60 Å². The highest BCUT2D eigenvalue weighted by Crippen LogP contribution is 2.59. The number of aliphatic hydroxyl groups excluding tert-OH is 1. The van der Waals surface area contributed by atoms with Gasteiger partial charge in [0, 0.05) is 7.11 Å². The SMILES string of the molecule is CO[C@@H]1[C@H](O)CC[C@]2(CO2)[C@H]1C1(C)O[C@@H]1CC=C1CCCC1. The van der Waals surface area contributed by atoms with Crippen molar-refractivity contribution >= 4 is 0 Å². The van der Waals surface area contributed by atoms with Gasteiger partial charge < -0.3 is 19.3 Å². The molecule has 4 fully saturated rings. The molecule has 4 heteroatoms. The molecule has 0 radical (unpaired) electrons. The molecule has 1 N–H and O–H groups in total. The van der Waals surface area contributed by atoms with Crippen molar-refractivity contribution in [3.05, 3.63) is 11.6 Å². The predicted octanol–water partition coefficient (Wildman–Crippen LogP) is 2.59. The molecule has 2 aliphatic heterocycles. The molecule has 4 nitrogen and oxygen atoms in total. The minimum absolute atomic E-state index is 0.107. The summed E-state index contributed by atoms with van der Waals surface area (Å²) < 4.78 is 17.6. The zero-order valence-corrected chi connectivity index (χ0v) is 13.7. The van der Waals surface area contributed by atoms with Gasteiger partial charge in [-0.1, -0.05) is 11.6 Å². The summed E-state index contributed by atoms with van der Waals surface area (Å²) in [6, 6.07) is 0. The van der Waals surface area contributed by atoms with E-state index in [-0.39, 0.29) is 29.3 Å². The smallest absolute Gasteiger partial charge is 0.101 e. The number of hydrogen-bond acceptors (Lipinski definition) is 4. The molecule has 22 heavy (non-hydrogen) atoms. The normalized spacial score (nSPS) is 50.4. The molecule has 6 atom stereocenters. The number of hydrogen-bond donors (Lipinski definition) is 1. The third-order valence-corrected chi connectivity index (χ3v) is 6.39. The highest BCUT2D eigenvalue weighted by atomic mass is 16.6. The average Bonchev–Trinajstić information content (AvgIpc) is 3.35. The topological polar surface area (TPSA) is 54.5 Å². The van der Waals surface area contributed by atoms with Gasteiger partial charge in [-0.15, -0.1) is 0 Å². The molecule has 2 heterocycles. The molecule has 4 rings (SSSR count). The molecule has 2 aliphatic carbocycles. The van der Waals surface area contributed by atoms with Crippen molar-refractivity contribution in [2.24, 2.45) is 5.92 Å². The van der Waals surface area contributed by atoms with Gasteiger partial charge in [0.25, 0.3) is 0 Å². The fourth-order valence-corrected chi connectivity index (χ4v) is 4.93. The fraction of sp³-hybridized carbons (Fsp3) is 0.889. The monoisotopic (exact) mass is 308 g/mol. The van der Waals surface area contributed by atoms with E-state index in [1.165, 1.54) is 25.7 Å². The molecule has 4 aliphatic rings. The van der Waals surface area contributed by atoms with E-state index in [0.29, 0.717) is 0 Å². The van der Waals surface area contributed by atoms with Gasteiger partial charge in [-0.2, -0.15) is 0 Å². The summed E-state index contributed by atoms with van der Waals surface area (Å²) in [7, 11) is 1.70. The summed E-state index contributed by atoms with van der Waals surface area (Å²) in [5.74, 6) is 0.140. The maximum Gasteiger partial charge on any atom is 0.101 e. The van der Waals surface area contributed by atoms with Crippen LogP contribution in [0.5, 0.6) is 0 Å². The number of rotatable bonds is 4. The number of epoxide rings is 2. The molecule has 0 aromatic heterocycles. The summed E-state index contributed by atoms with van der Waals surface area (Å²) in [6.45, 7) is 2.97. The first-order valence-corrected chi connectivity index (χ1v) is 8.80. The van der Waals surface area contributed by atoms with Crippen LogP contribution in [0.4, 0.5) is 0 Å². The quantitative estimate of drug-likeness (QED) is 0.641. The number of allylic oxidation sites excluding steroid dienone is 1. The minimum atomic E-state index is -0.403. The van der Waals surface area contributed by atoms with Crippen LogP contribution in [0.15, 0.2) is 11.6 Å². The van der Waals surface area contributed by atoms with Crippen LogP contribution in [-0.2, 0) is 14.2 Å². The lowest BCUT2D eigenvalue weighted by molar-refractivity contribution is -0.116. The second kappa shape index (κ2) is 5.30. The maximum atomic E-state index is 10.3. The molecule has 1 unspecified atom stereocenters. The third kappa shape index (κ3) is 2.35. The Bertz CT molecular complexity index is 462. The summed E-state index contributed by atoms with van der Waals surface area (Å²) in [4.78, 5) is 0. The number of methoxy groups -OCH3 is 1. The Kier molecular flexibility index (Phi) is 3.65. The highest BCUT2D eigenvalue weighted by molar-refractivity contribution is 5.21. The van der Waals surface area contributed by atoms with Gasteiger partial charge in [-0.3, -0.25) is 0 Å². The summed E-state index contributed by atoms with van der Waals surface area (Å²) in [5, 5.41) is 10.3. The molecular weight excluding hydrogens is 280 g/mol. The molecule has 124 valence electrons. The lowest BCUT2D eigenvalue weighted by Crippen LogP contribution is -2.54. The Morgan fingerprint density at radius 3 is 2.73 bits per heavy atom. The van der Waals surface area contributed by atoms with E-state index in [4.69, 9.17) is 14.2 Å². The van der Waals surface area contributed by atoms with Crippen LogP contribution in [-0.4, -0.2) is 48.3 Å². The van der Waals surface area contributed by atoms with Gasteiger partial charge >= 0.3 is 0 Å². The van der Waals surface area contributed by atoms with Crippen molar-refractivity contribution in [1.82, 2.24) is 0 Å². The van der Waals surface area contributed by atoms with Crippen LogP contribution >= 0.6 is 0 Å². The van der Waals surface area contributed by atoms with Crippen LogP contribution in [0.2, 0.25) is 0 Å². The van der Waals surface area contributed by atoms with E-state index in [1.54, 1.807) is 12.7 Å².